The molecule has 0 saturated carbocycles. The van der Waals surface area contributed by atoms with E-state index in [0.717, 1.165) is 47.0 Å². The van der Waals surface area contributed by atoms with Gasteiger partial charge in [0.1, 0.15) is 6.33 Å². The van der Waals surface area contributed by atoms with E-state index in [4.69, 9.17) is 0 Å². The number of hydrogen-bond donors (Lipinski definition) is 1. The van der Waals surface area contributed by atoms with Crippen molar-refractivity contribution < 1.29 is 18.4 Å². The highest BCUT2D eigenvalue weighted by Gasteiger charge is 2.51. The number of aryl methyl sites for hydroxylation is 1. The van der Waals surface area contributed by atoms with Crippen molar-refractivity contribution in [2.75, 3.05) is 62.2 Å². The third-order valence-electron chi connectivity index (χ3n) is 10.6. The summed E-state index contributed by atoms with van der Waals surface area (Å²) in [5.74, 6) is -1.09. The first kappa shape index (κ1) is 30.7. The molecule has 2 aromatic carbocycles. The second-order valence-electron chi connectivity index (χ2n) is 13.7. The number of H-pyrrole nitrogens is 1. The predicted octanol–water partition coefficient (Wildman–Crippen LogP) is 4.34. The standard InChI is InChI=1S/C35H39F2N9O2/c1-42-23-38-31(41-42)26-4-2-24(3-5-26)25-8-14-44(15-9-25)30(47)21-43-16-10-34(22-43)11-19-46(33(34)48)27-6-7-29-28(20-27)32(40-39-29)45-17-12-35(36,37)13-18-45/h2-8,20,23H,9-19,21-22H2,1H3,(H,39,40)/t34-/m0/s1. The van der Waals surface area contributed by atoms with Gasteiger partial charge in [-0.15, -0.1) is 0 Å². The van der Waals surface area contributed by atoms with Gasteiger partial charge in [-0.25, -0.2) is 13.8 Å². The maximum Gasteiger partial charge on any atom is 0.251 e. The molecule has 1 spiro atoms. The number of hydrogen-bond acceptors (Lipinski definition) is 7. The van der Waals surface area contributed by atoms with Crippen LogP contribution >= 0.6 is 0 Å². The van der Waals surface area contributed by atoms with Crippen LogP contribution in [0.5, 0.6) is 0 Å². The van der Waals surface area contributed by atoms with E-state index in [9.17, 15) is 18.4 Å². The number of fused-ring (bicyclic) bond motifs is 1. The molecule has 0 unspecified atom stereocenters. The smallest absolute Gasteiger partial charge is 0.251 e. The zero-order chi connectivity index (χ0) is 33.0. The van der Waals surface area contributed by atoms with Gasteiger partial charge < -0.3 is 14.7 Å². The van der Waals surface area contributed by atoms with Crippen LogP contribution in [0, 0.1) is 5.41 Å². The summed E-state index contributed by atoms with van der Waals surface area (Å²) in [5.41, 5.74) is 4.45. The Labute approximate surface area is 277 Å². The third-order valence-corrected chi connectivity index (χ3v) is 10.6. The van der Waals surface area contributed by atoms with Gasteiger partial charge >= 0.3 is 0 Å². The zero-order valence-corrected chi connectivity index (χ0v) is 27.0. The predicted molar refractivity (Wildman–Crippen MR) is 179 cm³/mol. The van der Waals surface area contributed by atoms with Crippen LogP contribution in [0.3, 0.4) is 0 Å². The van der Waals surface area contributed by atoms with Crippen LogP contribution in [-0.4, -0.2) is 105 Å². The first-order chi connectivity index (χ1) is 23.2. The second kappa shape index (κ2) is 11.8. The summed E-state index contributed by atoms with van der Waals surface area (Å²) in [6.07, 6.45) is 5.70. The van der Waals surface area contributed by atoms with Crippen LogP contribution < -0.4 is 9.80 Å². The minimum Gasteiger partial charge on any atom is -0.354 e. The van der Waals surface area contributed by atoms with Crippen molar-refractivity contribution in [2.45, 2.75) is 38.0 Å². The van der Waals surface area contributed by atoms with Gasteiger partial charge in [-0.3, -0.25) is 24.3 Å². The molecule has 0 bridgehead atoms. The molecule has 0 radical (unpaired) electrons. The Morgan fingerprint density at radius 3 is 2.46 bits per heavy atom. The molecule has 6 heterocycles. The lowest BCUT2D eigenvalue weighted by Gasteiger charge is -2.32. The van der Waals surface area contributed by atoms with Gasteiger partial charge in [0.05, 0.1) is 17.5 Å². The van der Waals surface area contributed by atoms with Gasteiger partial charge in [0.25, 0.3) is 5.92 Å². The largest absolute Gasteiger partial charge is 0.354 e. The number of nitrogens with one attached hydrogen (secondary N) is 1. The van der Waals surface area contributed by atoms with E-state index in [1.54, 1.807) is 11.0 Å². The number of rotatable bonds is 6. The number of anilines is 2. The molecule has 11 nitrogen and oxygen atoms in total. The first-order valence-electron chi connectivity index (χ1n) is 16.7. The maximum atomic E-state index is 13.9. The molecule has 3 saturated heterocycles. The first-order valence-corrected chi connectivity index (χ1v) is 16.7. The number of carbonyl (C=O) groups excluding carboxylic acids is 2. The number of alkyl halides is 2. The van der Waals surface area contributed by atoms with E-state index in [0.29, 0.717) is 50.9 Å². The summed E-state index contributed by atoms with van der Waals surface area (Å²) < 4.78 is 29.2. The van der Waals surface area contributed by atoms with E-state index < -0.39 is 11.3 Å². The van der Waals surface area contributed by atoms with Crippen LogP contribution in [0.25, 0.3) is 27.9 Å². The molecular formula is C35H39F2N9O2. The molecule has 2 aromatic heterocycles. The van der Waals surface area contributed by atoms with E-state index in [1.807, 2.05) is 52.1 Å². The fourth-order valence-corrected chi connectivity index (χ4v) is 7.74. The third kappa shape index (κ3) is 5.63. The number of nitrogens with zero attached hydrogens (tertiary/aromatic N) is 8. The van der Waals surface area contributed by atoms with Crippen molar-refractivity contribution in [3.8, 4) is 11.4 Å². The van der Waals surface area contributed by atoms with Crippen molar-refractivity contribution >= 4 is 39.8 Å². The number of amides is 2. The summed E-state index contributed by atoms with van der Waals surface area (Å²) in [4.78, 5) is 39.4. The Hall–Kier alpha value is -4.65. The average molecular weight is 656 g/mol. The molecule has 2 amide bonds. The van der Waals surface area contributed by atoms with Crippen molar-refractivity contribution in [1.82, 2.24) is 34.8 Å². The van der Waals surface area contributed by atoms with Crippen molar-refractivity contribution in [3.63, 3.8) is 0 Å². The Balaban J connectivity index is 0.879. The molecule has 1 atom stereocenters. The molecule has 48 heavy (non-hydrogen) atoms. The lowest BCUT2D eigenvalue weighted by Crippen LogP contribution is -2.43. The van der Waals surface area contributed by atoms with Gasteiger partial charge in [-0.2, -0.15) is 10.2 Å². The van der Waals surface area contributed by atoms with Crippen LogP contribution in [-0.2, 0) is 16.6 Å². The Morgan fingerprint density at radius 1 is 0.958 bits per heavy atom. The molecule has 3 fully saturated rings. The number of benzene rings is 2. The molecule has 4 aliphatic rings. The summed E-state index contributed by atoms with van der Waals surface area (Å²) >= 11 is 0. The normalized spacial score (nSPS) is 23.1. The lowest BCUT2D eigenvalue weighted by molar-refractivity contribution is -0.132. The van der Waals surface area contributed by atoms with E-state index in [1.165, 1.54) is 5.57 Å². The van der Waals surface area contributed by atoms with Gasteiger partial charge in [0.15, 0.2) is 11.6 Å². The van der Waals surface area contributed by atoms with E-state index >= 15 is 0 Å². The fourth-order valence-electron chi connectivity index (χ4n) is 7.74. The minimum atomic E-state index is -2.63. The number of piperidine rings is 1. The summed E-state index contributed by atoms with van der Waals surface area (Å²) in [6.45, 7) is 3.92. The molecule has 4 aromatic rings. The second-order valence-corrected chi connectivity index (χ2v) is 13.7. The monoisotopic (exact) mass is 655 g/mol. The van der Waals surface area contributed by atoms with Gasteiger partial charge in [0, 0.05) is 75.8 Å². The zero-order valence-electron chi connectivity index (χ0n) is 27.0. The Morgan fingerprint density at radius 2 is 1.73 bits per heavy atom. The molecule has 4 aliphatic heterocycles. The Bertz CT molecular complexity index is 1890. The van der Waals surface area contributed by atoms with E-state index in [-0.39, 0.29) is 37.7 Å². The molecule has 13 heteroatoms. The van der Waals surface area contributed by atoms with Crippen LogP contribution in [0.2, 0.25) is 0 Å². The van der Waals surface area contributed by atoms with Crippen LogP contribution in [0.4, 0.5) is 20.3 Å². The number of carbonyl (C=O) groups is 2. The number of likely N-dealkylation sites (tertiary alicyclic amines) is 1. The highest BCUT2D eigenvalue weighted by atomic mass is 19.3. The molecule has 0 aliphatic carbocycles. The fraction of sp³-hybridized carbons (Fsp3) is 0.457. The van der Waals surface area contributed by atoms with E-state index in [2.05, 4.69) is 43.4 Å². The van der Waals surface area contributed by atoms with Gasteiger partial charge in [0.2, 0.25) is 11.8 Å². The SMILES string of the molecule is Cn1cnc(-c2ccc(C3=CCN(C(=O)CN4CC[C@]5(CCN(c6ccc7[nH]nc(N8CCC(F)(F)CC8)c7c6)C5=O)C4)CC3)cc2)n1. The average Bonchev–Trinajstić information content (AvgIpc) is 3.89. The van der Waals surface area contributed by atoms with Gasteiger partial charge in [-0.1, -0.05) is 30.3 Å². The maximum absolute atomic E-state index is 13.9. The number of aromatic nitrogens is 5. The molecule has 1 N–H and O–H groups in total. The van der Waals surface area contributed by atoms with Crippen LogP contribution in [0.15, 0.2) is 54.9 Å². The number of halogens is 2. The van der Waals surface area contributed by atoms with Crippen molar-refractivity contribution in [1.29, 1.82) is 0 Å². The summed E-state index contributed by atoms with van der Waals surface area (Å²) in [7, 11) is 1.85. The lowest BCUT2D eigenvalue weighted by atomic mass is 9.85. The quantitative estimate of drug-likeness (QED) is 0.330. The van der Waals surface area contributed by atoms with Gasteiger partial charge in [-0.05, 0) is 55.1 Å². The Kier molecular flexibility index (Phi) is 7.54. The summed E-state index contributed by atoms with van der Waals surface area (Å²) in [6, 6.07) is 14.0. The van der Waals surface area contributed by atoms with Crippen molar-refractivity contribution in [3.05, 3.63) is 60.4 Å². The highest BCUT2D eigenvalue weighted by molar-refractivity contribution is 6.03. The molecule has 8 rings (SSSR count). The highest BCUT2D eigenvalue weighted by Crippen LogP contribution is 2.43. The van der Waals surface area contributed by atoms with Crippen molar-refractivity contribution in [2.24, 2.45) is 12.5 Å². The summed E-state index contributed by atoms with van der Waals surface area (Å²) in [5, 5.41) is 12.7. The molecular weight excluding hydrogens is 616 g/mol. The number of aromatic amines is 1. The topological polar surface area (TPSA) is 106 Å². The van der Waals surface area contributed by atoms with Crippen LogP contribution in [0.1, 0.15) is 37.7 Å². The minimum absolute atomic E-state index is 0.0923. The molecule has 250 valence electrons.